The summed E-state index contributed by atoms with van der Waals surface area (Å²) < 4.78 is 18.0. The fourth-order valence-electron chi connectivity index (χ4n) is 4.23. The van der Waals surface area contributed by atoms with Crippen LogP contribution < -0.4 is 0 Å². The van der Waals surface area contributed by atoms with Gasteiger partial charge in [-0.3, -0.25) is 4.79 Å². The van der Waals surface area contributed by atoms with Gasteiger partial charge in [0.1, 0.15) is 6.10 Å². The summed E-state index contributed by atoms with van der Waals surface area (Å²) in [4.78, 5) is 14.0. The molecule has 4 rings (SSSR count). The second-order valence-electron chi connectivity index (χ2n) is 6.56. The highest BCUT2D eigenvalue weighted by Crippen LogP contribution is 2.47. The molecule has 0 spiro atoms. The van der Waals surface area contributed by atoms with Gasteiger partial charge in [-0.15, -0.1) is 0 Å². The molecule has 4 saturated heterocycles. The first-order valence-corrected chi connectivity index (χ1v) is 7.36. The minimum Gasteiger partial charge on any atom is -0.346 e. The second-order valence-corrected chi connectivity index (χ2v) is 6.56. The minimum atomic E-state index is -0.569. The first kappa shape index (κ1) is 12.1. The average molecular weight is 267 g/mol. The van der Waals surface area contributed by atoms with Crippen molar-refractivity contribution in [2.45, 2.75) is 69.9 Å². The van der Waals surface area contributed by atoms with Crippen molar-refractivity contribution in [1.29, 1.82) is 0 Å². The lowest BCUT2D eigenvalue weighted by Crippen LogP contribution is -2.44. The van der Waals surface area contributed by atoms with E-state index in [4.69, 9.17) is 14.2 Å². The second kappa shape index (κ2) is 3.93. The van der Waals surface area contributed by atoms with Crippen LogP contribution in [0.4, 0.5) is 0 Å². The average Bonchev–Trinajstić information content (AvgIpc) is 2.87. The monoisotopic (exact) mass is 267 g/mol. The van der Waals surface area contributed by atoms with Gasteiger partial charge >= 0.3 is 0 Å². The van der Waals surface area contributed by atoms with Crippen molar-refractivity contribution in [3.05, 3.63) is 0 Å². The van der Waals surface area contributed by atoms with Crippen LogP contribution in [0.15, 0.2) is 0 Å². The summed E-state index contributed by atoms with van der Waals surface area (Å²) >= 11 is 0. The highest BCUT2D eigenvalue weighted by Gasteiger charge is 2.59. The Morgan fingerprint density at radius 2 is 2.11 bits per heavy atom. The molecule has 0 aliphatic carbocycles. The maximum Gasteiger partial charge on any atom is 0.222 e. The van der Waals surface area contributed by atoms with Crippen molar-refractivity contribution in [2.75, 3.05) is 6.54 Å². The van der Waals surface area contributed by atoms with Gasteiger partial charge in [-0.2, -0.15) is 0 Å². The highest BCUT2D eigenvalue weighted by atomic mass is 16.8. The summed E-state index contributed by atoms with van der Waals surface area (Å²) in [5, 5.41) is 0. The molecule has 4 fully saturated rings. The third kappa shape index (κ3) is 1.75. The quantitative estimate of drug-likeness (QED) is 0.663. The van der Waals surface area contributed by atoms with Gasteiger partial charge in [-0.1, -0.05) is 0 Å². The predicted octanol–water partition coefficient (Wildman–Crippen LogP) is 1.26. The topological polar surface area (TPSA) is 48.0 Å². The molecule has 0 N–H and O–H groups in total. The molecule has 0 radical (unpaired) electrons. The lowest BCUT2D eigenvalue weighted by atomic mass is 9.88. The summed E-state index contributed by atoms with van der Waals surface area (Å²) in [5.74, 6) is 0.00746. The molecule has 5 nitrogen and oxygen atoms in total. The minimum absolute atomic E-state index is 0.0171. The predicted molar refractivity (Wildman–Crippen MR) is 66.2 cm³/mol. The number of ether oxygens (including phenoxy) is 3. The van der Waals surface area contributed by atoms with Gasteiger partial charge in [0.25, 0.3) is 0 Å². The first-order chi connectivity index (χ1) is 9.05. The Hall–Kier alpha value is -0.650. The molecular formula is C14H21NO4. The molecule has 0 aromatic carbocycles. The van der Waals surface area contributed by atoms with E-state index in [9.17, 15) is 4.79 Å². The number of nitrogens with zero attached hydrogens (tertiary/aromatic N) is 1. The fourth-order valence-corrected chi connectivity index (χ4v) is 4.23. The molecule has 4 heterocycles. The Bertz CT molecular complexity index is 410. The molecule has 4 aliphatic heterocycles. The lowest BCUT2D eigenvalue weighted by molar-refractivity contribution is -0.211. The number of carbonyl (C=O) groups is 1. The van der Waals surface area contributed by atoms with Gasteiger partial charge in [-0.05, 0) is 33.1 Å². The molecule has 4 aliphatic rings. The SMILES string of the molecule is CC1(C)O[C@H]2O[C@@H]3CCCN4C(=O)CC[C@H]4C3[C@H]2O1. The van der Waals surface area contributed by atoms with Gasteiger partial charge < -0.3 is 19.1 Å². The largest absolute Gasteiger partial charge is 0.346 e. The maximum absolute atomic E-state index is 12.0. The fraction of sp³-hybridized carbons (Fsp3) is 0.929. The molecule has 0 aromatic rings. The number of hydrogen-bond donors (Lipinski definition) is 0. The van der Waals surface area contributed by atoms with E-state index in [2.05, 4.69) is 4.90 Å². The first-order valence-electron chi connectivity index (χ1n) is 7.36. The van der Waals surface area contributed by atoms with Crippen LogP contribution in [0.3, 0.4) is 0 Å². The van der Waals surface area contributed by atoms with Gasteiger partial charge in [-0.25, -0.2) is 0 Å². The highest BCUT2D eigenvalue weighted by molar-refractivity contribution is 5.78. The van der Waals surface area contributed by atoms with Crippen molar-refractivity contribution in [3.8, 4) is 0 Å². The van der Waals surface area contributed by atoms with Crippen LogP contribution in [0.25, 0.3) is 0 Å². The van der Waals surface area contributed by atoms with Gasteiger partial charge in [0, 0.05) is 24.9 Å². The van der Waals surface area contributed by atoms with Crippen molar-refractivity contribution < 1.29 is 19.0 Å². The number of fused-ring (bicyclic) bond motifs is 5. The van der Waals surface area contributed by atoms with Crippen molar-refractivity contribution in [1.82, 2.24) is 4.90 Å². The summed E-state index contributed by atoms with van der Waals surface area (Å²) in [7, 11) is 0. The van der Waals surface area contributed by atoms with Gasteiger partial charge in [0.2, 0.25) is 5.91 Å². The van der Waals surface area contributed by atoms with E-state index < -0.39 is 5.79 Å². The summed E-state index contributed by atoms with van der Waals surface area (Å²) in [6, 6.07) is 0.285. The maximum atomic E-state index is 12.0. The normalized spacial score (nSPS) is 47.8. The molecule has 0 bridgehead atoms. The van der Waals surface area contributed by atoms with Crippen LogP contribution in [0.2, 0.25) is 0 Å². The van der Waals surface area contributed by atoms with Crippen molar-refractivity contribution >= 4 is 5.91 Å². The Morgan fingerprint density at radius 3 is 2.95 bits per heavy atom. The summed E-state index contributed by atoms with van der Waals surface area (Å²) in [6.07, 6.45) is 3.56. The zero-order chi connectivity index (χ0) is 13.2. The standard InChI is InChI=1S/C14H21NO4/c1-14(2)18-12-11-8-5-6-10(16)15(8)7-3-4-9(11)17-13(12)19-14/h8-9,11-13H,3-7H2,1-2H3/t8-,9+,11?,12+,13+/m0/s1. The Labute approximate surface area is 113 Å². The van der Waals surface area contributed by atoms with E-state index in [1.54, 1.807) is 0 Å². The summed E-state index contributed by atoms with van der Waals surface area (Å²) in [5.41, 5.74) is 0. The Kier molecular flexibility index (Phi) is 2.51. The summed E-state index contributed by atoms with van der Waals surface area (Å²) in [6.45, 7) is 4.73. The molecular weight excluding hydrogens is 246 g/mol. The van der Waals surface area contributed by atoms with Crippen LogP contribution in [0, 0.1) is 5.92 Å². The van der Waals surface area contributed by atoms with Gasteiger partial charge in [0.15, 0.2) is 12.1 Å². The van der Waals surface area contributed by atoms with Crippen LogP contribution >= 0.6 is 0 Å². The number of hydrogen-bond acceptors (Lipinski definition) is 4. The third-order valence-corrected chi connectivity index (χ3v) is 4.91. The molecule has 1 unspecified atom stereocenters. The number of carbonyl (C=O) groups excluding carboxylic acids is 1. The van der Waals surface area contributed by atoms with E-state index in [-0.39, 0.29) is 30.5 Å². The van der Waals surface area contributed by atoms with E-state index >= 15 is 0 Å². The van der Waals surface area contributed by atoms with Crippen LogP contribution in [0.5, 0.6) is 0 Å². The lowest BCUT2D eigenvalue weighted by Gasteiger charge is -2.31. The van der Waals surface area contributed by atoms with E-state index in [0.29, 0.717) is 12.3 Å². The van der Waals surface area contributed by atoms with Crippen LogP contribution in [-0.4, -0.2) is 47.7 Å². The van der Waals surface area contributed by atoms with Gasteiger partial charge in [0.05, 0.1) is 6.10 Å². The van der Waals surface area contributed by atoms with E-state index in [1.165, 1.54) is 0 Å². The van der Waals surface area contributed by atoms with E-state index in [1.807, 2.05) is 13.8 Å². The molecule has 1 amide bonds. The molecule has 0 aromatic heterocycles. The van der Waals surface area contributed by atoms with Crippen LogP contribution in [0.1, 0.15) is 39.5 Å². The van der Waals surface area contributed by atoms with Crippen molar-refractivity contribution in [2.24, 2.45) is 5.92 Å². The zero-order valence-electron chi connectivity index (χ0n) is 11.5. The van der Waals surface area contributed by atoms with E-state index in [0.717, 1.165) is 25.8 Å². The van der Waals surface area contributed by atoms with Crippen molar-refractivity contribution in [3.63, 3.8) is 0 Å². The zero-order valence-corrected chi connectivity index (χ0v) is 11.5. The Morgan fingerprint density at radius 1 is 1.26 bits per heavy atom. The molecule has 5 atom stereocenters. The Balaban J connectivity index is 1.64. The molecule has 106 valence electrons. The molecule has 0 saturated carbocycles. The molecule has 5 heteroatoms. The number of amides is 1. The molecule has 19 heavy (non-hydrogen) atoms. The smallest absolute Gasteiger partial charge is 0.222 e. The third-order valence-electron chi connectivity index (χ3n) is 4.91. The number of rotatable bonds is 0. The van der Waals surface area contributed by atoms with Crippen LogP contribution in [-0.2, 0) is 19.0 Å².